The molecule has 122 valence electrons. The van der Waals surface area contributed by atoms with E-state index in [1.54, 1.807) is 18.7 Å². The van der Waals surface area contributed by atoms with Gasteiger partial charge < -0.3 is 18.9 Å². The lowest BCUT2D eigenvalue weighted by atomic mass is 10.1. The first-order chi connectivity index (χ1) is 11.1. The molecule has 0 aliphatic carbocycles. The Labute approximate surface area is 135 Å². The first kappa shape index (κ1) is 15.4. The largest absolute Gasteiger partial charge is 0.486 e. The van der Waals surface area contributed by atoms with Crippen molar-refractivity contribution < 1.29 is 18.8 Å². The van der Waals surface area contributed by atoms with Crippen LogP contribution in [-0.2, 0) is 6.54 Å². The number of hydrogen-bond donors (Lipinski definition) is 0. The molecule has 0 bridgehead atoms. The van der Waals surface area contributed by atoms with Crippen molar-refractivity contribution in [1.82, 2.24) is 10.1 Å². The van der Waals surface area contributed by atoms with Crippen molar-refractivity contribution in [2.45, 2.75) is 27.3 Å². The highest BCUT2D eigenvalue weighted by Crippen LogP contribution is 2.31. The van der Waals surface area contributed by atoms with Gasteiger partial charge in [0.2, 0.25) is 0 Å². The van der Waals surface area contributed by atoms with Gasteiger partial charge in [-0.2, -0.15) is 0 Å². The average molecular weight is 316 g/mol. The molecular formula is C17H20N2O4. The lowest BCUT2D eigenvalue weighted by Crippen LogP contribution is -2.31. The molecule has 3 rings (SSSR count). The molecule has 1 aliphatic rings. The van der Waals surface area contributed by atoms with Crippen LogP contribution in [0.1, 0.15) is 34.3 Å². The van der Waals surface area contributed by atoms with Crippen LogP contribution in [0.2, 0.25) is 0 Å². The van der Waals surface area contributed by atoms with Crippen molar-refractivity contribution in [2.24, 2.45) is 0 Å². The van der Waals surface area contributed by atoms with Crippen molar-refractivity contribution in [2.75, 3.05) is 19.8 Å². The monoisotopic (exact) mass is 316 g/mol. The van der Waals surface area contributed by atoms with E-state index in [2.05, 4.69) is 5.16 Å². The number of nitrogens with zero attached hydrogens (tertiary/aromatic N) is 2. The number of carbonyl (C=O) groups excluding carboxylic acids is 1. The summed E-state index contributed by atoms with van der Waals surface area (Å²) < 4.78 is 16.2. The molecule has 23 heavy (non-hydrogen) atoms. The van der Waals surface area contributed by atoms with Gasteiger partial charge in [-0.3, -0.25) is 4.79 Å². The molecule has 6 heteroatoms. The molecule has 0 unspecified atom stereocenters. The van der Waals surface area contributed by atoms with Crippen LogP contribution in [0.3, 0.4) is 0 Å². The number of fused-ring (bicyclic) bond motifs is 1. The van der Waals surface area contributed by atoms with Crippen molar-refractivity contribution >= 4 is 5.91 Å². The maximum absolute atomic E-state index is 12.7. The highest BCUT2D eigenvalue weighted by molar-refractivity contribution is 5.96. The lowest BCUT2D eigenvalue weighted by Gasteiger charge is -2.23. The standard InChI is InChI=1S/C17H20N2O4/c1-4-19(17(20)16-11(2)18-23-12(16)3)10-13-5-6-14-15(9-13)22-8-7-21-14/h5-6,9H,4,7-8,10H2,1-3H3. The number of ether oxygens (including phenoxy) is 2. The van der Waals surface area contributed by atoms with Crippen LogP contribution in [-0.4, -0.2) is 35.7 Å². The van der Waals surface area contributed by atoms with Gasteiger partial charge in [0, 0.05) is 13.1 Å². The second kappa shape index (κ2) is 6.32. The van der Waals surface area contributed by atoms with Crippen LogP contribution in [0.5, 0.6) is 11.5 Å². The van der Waals surface area contributed by atoms with Crippen molar-refractivity contribution in [3.05, 3.63) is 40.8 Å². The van der Waals surface area contributed by atoms with Gasteiger partial charge in [0.1, 0.15) is 24.5 Å². The van der Waals surface area contributed by atoms with Crippen LogP contribution in [0.15, 0.2) is 22.7 Å². The quantitative estimate of drug-likeness (QED) is 0.868. The molecule has 1 aliphatic heterocycles. The molecule has 0 saturated heterocycles. The Bertz CT molecular complexity index is 704. The Hall–Kier alpha value is -2.50. The Balaban J connectivity index is 1.81. The smallest absolute Gasteiger partial charge is 0.259 e. The third-order valence-electron chi connectivity index (χ3n) is 3.90. The van der Waals surface area contributed by atoms with Crippen molar-refractivity contribution in [3.8, 4) is 11.5 Å². The number of hydrogen-bond acceptors (Lipinski definition) is 5. The maximum Gasteiger partial charge on any atom is 0.259 e. The van der Waals surface area contributed by atoms with Gasteiger partial charge in [0.15, 0.2) is 11.5 Å². The summed E-state index contributed by atoms with van der Waals surface area (Å²) in [5.74, 6) is 1.96. The van der Waals surface area contributed by atoms with Gasteiger partial charge in [-0.15, -0.1) is 0 Å². The van der Waals surface area contributed by atoms with E-state index in [9.17, 15) is 4.79 Å². The summed E-state index contributed by atoms with van der Waals surface area (Å²) in [7, 11) is 0. The minimum absolute atomic E-state index is 0.0707. The van der Waals surface area contributed by atoms with Crippen molar-refractivity contribution in [3.63, 3.8) is 0 Å². The van der Waals surface area contributed by atoms with Crippen LogP contribution >= 0.6 is 0 Å². The zero-order valence-electron chi connectivity index (χ0n) is 13.6. The van der Waals surface area contributed by atoms with Crippen LogP contribution < -0.4 is 9.47 Å². The second-order valence-electron chi connectivity index (χ2n) is 5.50. The Morgan fingerprint density at radius 2 is 1.96 bits per heavy atom. The minimum Gasteiger partial charge on any atom is -0.486 e. The zero-order valence-corrected chi connectivity index (χ0v) is 13.6. The van der Waals surface area contributed by atoms with E-state index in [-0.39, 0.29) is 5.91 Å². The topological polar surface area (TPSA) is 64.8 Å². The molecule has 0 saturated carbocycles. The highest BCUT2D eigenvalue weighted by Gasteiger charge is 2.23. The third-order valence-corrected chi connectivity index (χ3v) is 3.90. The molecule has 2 heterocycles. The highest BCUT2D eigenvalue weighted by atomic mass is 16.6. The molecule has 6 nitrogen and oxygen atoms in total. The van der Waals surface area contributed by atoms with Crippen LogP contribution in [0, 0.1) is 13.8 Å². The van der Waals surface area contributed by atoms with E-state index < -0.39 is 0 Å². The Morgan fingerprint density at radius 3 is 2.61 bits per heavy atom. The normalized spacial score (nSPS) is 13.0. The number of aryl methyl sites for hydroxylation is 2. The summed E-state index contributed by atoms with van der Waals surface area (Å²) in [5, 5.41) is 3.86. The fraction of sp³-hybridized carbons (Fsp3) is 0.412. The summed E-state index contributed by atoms with van der Waals surface area (Å²) in [6, 6.07) is 5.77. The number of rotatable bonds is 4. The van der Waals surface area contributed by atoms with Gasteiger partial charge >= 0.3 is 0 Å². The summed E-state index contributed by atoms with van der Waals surface area (Å²) in [6.07, 6.45) is 0. The van der Waals surface area contributed by atoms with Crippen LogP contribution in [0.4, 0.5) is 0 Å². The third kappa shape index (κ3) is 3.02. The predicted molar refractivity (Wildman–Crippen MR) is 83.8 cm³/mol. The molecule has 0 radical (unpaired) electrons. The first-order valence-electron chi connectivity index (χ1n) is 7.70. The Kier molecular flexibility index (Phi) is 4.23. The number of amides is 1. The van der Waals surface area contributed by atoms with E-state index in [1.807, 2.05) is 25.1 Å². The van der Waals surface area contributed by atoms with E-state index in [4.69, 9.17) is 14.0 Å². The van der Waals surface area contributed by atoms with E-state index in [0.717, 1.165) is 17.1 Å². The molecule has 2 aromatic rings. The fourth-order valence-electron chi connectivity index (χ4n) is 2.68. The van der Waals surface area contributed by atoms with Gasteiger partial charge in [-0.1, -0.05) is 11.2 Å². The van der Waals surface area contributed by atoms with Gasteiger partial charge in [0.25, 0.3) is 5.91 Å². The zero-order chi connectivity index (χ0) is 16.4. The minimum atomic E-state index is -0.0707. The van der Waals surface area contributed by atoms with Gasteiger partial charge in [0.05, 0.1) is 5.69 Å². The average Bonchev–Trinajstić information content (AvgIpc) is 2.90. The Morgan fingerprint density at radius 1 is 1.22 bits per heavy atom. The predicted octanol–water partition coefficient (Wildman–Crippen LogP) is 2.72. The molecule has 0 atom stereocenters. The summed E-state index contributed by atoms with van der Waals surface area (Å²) in [4.78, 5) is 14.5. The van der Waals surface area contributed by atoms with Crippen molar-refractivity contribution in [1.29, 1.82) is 0 Å². The molecule has 0 spiro atoms. The van der Waals surface area contributed by atoms with E-state index >= 15 is 0 Å². The number of aromatic nitrogens is 1. The van der Waals surface area contributed by atoms with E-state index in [1.165, 1.54) is 0 Å². The molecule has 1 aromatic carbocycles. The summed E-state index contributed by atoms with van der Waals surface area (Å²) in [5.41, 5.74) is 2.16. The fourth-order valence-corrected chi connectivity index (χ4v) is 2.68. The summed E-state index contributed by atoms with van der Waals surface area (Å²) in [6.45, 7) is 7.69. The number of carbonyl (C=O) groups is 1. The SMILES string of the molecule is CCN(Cc1ccc2c(c1)OCCO2)C(=O)c1c(C)noc1C. The second-order valence-corrected chi connectivity index (χ2v) is 5.50. The molecule has 0 N–H and O–H groups in total. The van der Waals surface area contributed by atoms with Gasteiger partial charge in [-0.25, -0.2) is 0 Å². The first-order valence-corrected chi connectivity index (χ1v) is 7.70. The lowest BCUT2D eigenvalue weighted by molar-refractivity contribution is 0.0750. The molecule has 0 fully saturated rings. The van der Waals surface area contributed by atoms with Gasteiger partial charge in [-0.05, 0) is 38.5 Å². The maximum atomic E-state index is 12.7. The number of benzene rings is 1. The van der Waals surface area contributed by atoms with Crippen LogP contribution in [0.25, 0.3) is 0 Å². The van der Waals surface area contributed by atoms with E-state index in [0.29, 0.717) is 43.3 Å². The molecular weight excluding hydrogens is 296 g/mol. The summed E-state index contributed by atoms with van der Waals surface area (Å²) >= 11 is 0. The molecule has 1 aromatic heterocycles. The molecule has 1 amide bonds.